The predicted molar refractivity (Wildman–Crippen MR) is 132 cm³/mol. The Morgan fingerprint density at radius 1 is 1.08 bits per heavy atom. The Morgan fingerprint density at radius 3 is 2.64 bits per heavy atom. The third kappa shape index (κ3) is 5.68. The number of imidazole rings is 1. The maximum Gasteiger partial charge on any atom is 0.234 e. The summed E-state index contributed by atoms with van der Waals surface area (Å²) in [5.41, 5.74) is 4.27. The molecule has 1 aromatic carbocycles. The molecule has 0 saturated carbocycles. The fourth-order valence-electron chi connectivity index (χ4n) is 4.03. The highest BCUT2D eigenvalue weighted by Gasteiger charge is 2.16. The van der Waals surface area contributed by atoms with Crippen molar-refractivity contribution >= 4 is 5.91 Å². The first-order valence-electron chi connectivity index (χ1n) is 11.7. The lowest BCUT2D eigenvalue weighted by Crippen LogP contribution is -2.47. The molecule has 1 amide bonds. The summed E-state index contributed by atoms with van der Waals surface area (Å²) in [6.07, 6.45) is 4.57. The number of amides is 1. The number of carbonyl (C=O) groups is 1. The number of benzene rings is 1. The summed E-state index contributed by atoms with van der Waals surface area (Å²) < 4.78 is 7.37. The Kier molecular flexibility index (Phi) is 6.89. The molecule has 1 aliphatic heterocycles. The number of rotatable bonds is 6. The van der Waals surface area contributed by atoms with E-state index < -0.39 is 6.10 Å². The first kappa shape index (κ1) is 23.5. The van der Waals surface area contributed by atoms with E-state index in [4.69, 9.17) is 4.52 Å². The van der Waals surface area contributed by atoms with E-state index in [-0.39, 0.29) is 5.91 Å². The van der Waals surface area contributed by atoms with Gasteiger partial charge in [-0.15, -0.1) is 0 Å². The number of hydrogen-bond acceptors (Lipinski definition) is 7. The first-order valence-corrected chi connectivity index (χ1v) is 11.7. The van der Waals surface area contributed by atoms with Crippen LogP contribution in [0.2, 0.25) is 0 Å². The molecule has 1 fully saturated rings. The van der Waals surface area contributed by atoms with Crippen LogP contribution < -0.4 is 5.32 Å². The molecule has 1 saturated heterocycles. The number of carbonyl (C=O) groups excluding carboxylic acids is 1. The molecule has 5 rings (SSSR count). The number of nitrogens with zero attached hydrogens (tertiary/aromatic N) is 5. The molecule has 9 nitrogen and oxygen atoms in total. The third-order valence-electron chi connectivity index (χ3n) is 5.86. The van der Waals surface area contributed by atoms with Crippen molar-refractivity contribution in [3.63, 3.8) is 0 Å². The standard InChI is InChI=1S/C27H26N6O3/c1-19(34)27-29-11-13-33(27)17-24-14-25(36-31-24)22-7-4-20(5-8-22)2-3-21-6-9-23(30-15-21)16-32-12-10-28-26(35)18-32/h4-9,11,13-15,19,34H,10,12,16-18H2,1H3,(H,28,35)/t19-/m0/s1. The van der Waals surface area contributed by atoms with Gasteiger partial charge in [-0.05, 0) is 43.3 Å². The molecule has 4 aromatic rings. The summed E-state index contributed by atoms with van der Waals surface area (Å²) in [5, 5.41) is 16.8. The molecule has 1 aliphatic rings. The number of nitrogens with one attached hydrogen (secondary N) is 1. The first-order chi connectivity index (χ1) is 17.5. The number of hydrogen-bond donors (Lipinski definition) is 2. The van der Waals surface area contributed by atoms with Crippen LogP contribution in [0.1, 0.15) is 41.4 Å². The molecule has 9 heteroatoms. The van der Waals surface area contributed by atoms with Crippen LogP contribution in [-0.4, -0.2) is 55.2 Å². The zero-order chi connectivity index (χ0) is 24.9. The summed E-state index contributed by atoms with van der Waals surface area (Å²) in [7, 11) is 0. The van der Waals surface area contributed by atoms with Crippen LogP contribution in [0.4, 0.5) is 0 Å². The molecular weight excluding hydrogens is 456 g/mol. The molecule has 0 unspecified atom stereocenters. The van der Waals surface area contributed by atoms with Crippen molar-refractivity contribution in [2.45, 2.75) is 26.1 Å². The molecule has 36 heavy (non-hydrogen) atoms. The van der Waals surface area contributed by atoms with Gasteiger partial charge in [-0.3, -0.25) is 14.7 Å². The van der Waals surface area contributed by atoms with Crippen LogP contribution in [-0.2, 0) is 17.9 Å². The highest BCUT2D eigenvalue weighted by atomic mass is 16.5. The lowest BCUT2D eigenvalue weighted by atomic mass is 10.1. The average molecular weight is 483 g/mol. The van der Waals surface area contributed by atoms with Crippen molar-refractivity contribution in [2.75, 3.05) is 19.6 Å². The van der Waals surface area contributed by atoms with Crippen LogP contribution in [0.15, 0.2) is 65.6 Å². The van der Waals surface area contributed by atoms with Crippen molar-refractivity contribution in [3.8, 4) is 23.2 Å². The molecule has 0 bridgehead atoms. The van der Waals surface area contributed by atoms with Gasteiger partial charge in [0.25, 0.3) is 0 Å². The number of aliphatic hydroxyl groups is 1. The molecule has 3 aromatic heterocycles. The van der Waals surface area contributed by atoms with E-state index in [2.05, 4.69) is 37.2 Å². The van der Waals surface area contributed by atoms with Crippen LogP contribution in [0.25, 0.3) is 11.3 Å². The second kappa shape index (κ2) is 10.6. The van der Waals surface area contributed by atoms with Crippen LogP contribution in [0.5, 0.6) is 0 Å². The van der Waals surface area contributed by atoms with Gasteiger partial charge in [-0.25, -0.2) is 4.98 Å². The number of aromatic nitrogens is 4. The molecule has 0 aliphatic carbocycles. The number of piperazine rings is 1. The van der Waals surface area contributed by atoms with Crippen molar-refractivity contribution in [1.29, 1.82) is 0 Å². The average Bonchev–Trinajstić information content (AvgIpc) is 3.54. The van der Waals surface area contributed by atoms with E-state index in [1.807, 2.05) is 53.2 Å². The van der Waals surface area contributed by atoms with E-state index >= 15 is 0 Å². The molecule has 182 valence electrons. The fourth-order valence-corrected chi connectivity index (χ4v) is 4.03. The molecule has 2 N–H and O–H groups in total. The summed E-state index contributed by atoms with van der Waals surface area (Å²) in [6.45, 7) is 4.71. The van der Waals surface area contributed by atoms with Gasteiger partial charge in [0, 0.05) is 61.0 Å². The largest absolute Gasteiger partial charge is 0.385 e. The molecule has 1 atom stereocenters. The van der Waals surface area contributed by atoms with E-state index in [9.17, 15) is 9.90 Å². The quantitative estimate of drug-likeness (QED) is 0.406. The second-order valence-electron chi connectivity index (χ2n) is 8.70. The highest BCUT2D eigenvalue weighted by Crippen LogP contribution is 2.22. The van der Waals surface area contributed by atoms with Gasteiger partial charge in [0.1, 0.15) is 17.6 Å². The normalized spacial score (nSPS) is 14.7. The minimum Gasteiger partial charge on any atom is -0.385 e. The zero-order valence-corrected chi connectivity index (χ0v) is 19.9. The maximum atomic E-state index is 11.5. The van der Waals surface area contributed by atoms with Gasteiger partial charge in [0.2, 0.25) is 5.91 Å². The van der Waals surface area contributed by atoms with Crippen molar-refractivity contribution < 1.29 is 14.4 Å². The van der Waals surface area contributed by atoms with Crippen molar-refractivity contribution in [3.05, 3.63) is 89.4 Å². The molecular formula is C27H26N6O3. The Balaban J connectivity index is 1.20. The molecule has 0 spiro atoms. The third-order valence-corrected chi connectivity index (χ3v) is 5.86. The van der Waals surface area contributed by atoms with E-state index in [0.717, 1.165) is 34.6 Å². The highest BCUT2D eigenvalue weighted by molar-refractivity contribution is 5.78. The monoisotopic (exact) mass is 482 g/mol. The van der Waals surface area contributed by atoms with Gasteiger partial charge in [-0.1, -0.05) is 17.0 Å². The molecule has 4 heterocycles. The zero-order valence-electron chi connectivity index (χ0n) is 19.9. The summed E-state index contributed by atoms with van der Waals surface area (Å²) in [5.74, 6) is 7.61. The van der Waals surface area contributed by atoms with Gasteiger partial charge < -0.3 is 19.5 Å². The Morgan fingerprint density at radius 2 is 1.89 bits per heavy atom. The van der Waals surface area contributed by atoms with Crippen LogP contribution in [0.3, 0.4) is 0 Å². The number of pyridine rings is 1. The van der Waals surface area contributed by atoms with E-state index in [1.54, 1.807) is 19.3 Å². The van der Waals surface area contributed by atoms with Crippen molar-refractivity contribution in [1.82, 2.24) is 29.9 Å². The van der Waals surface area contributed by atoms with Crippen molar-refractivity contribution in [2.24, 2.45) is 0 Å². The smallest absolute Gasteiger partial charge is 0.234 e. The number of aliphatic hydroxyl groups excluding tert-OH is 1. The Labute approximate surface area is 208 Å². The minimum atomic E-state index is -0.655. The predicted octanol–water partition coefficient (Wildman–Crippen LogP) is 2.37. The Bertz CT molecular complexity index is 1390. The van der Waals surface area contributed by atoms with Gasteiger partial charge in [-0.2, -0.15) is 0 Å². The van der Waals surface area contributed by atoms with Gasteiger partial charge in [0.15, 0.2) is 5.76 Å². The minimum absolute atomic E-state index is 0.0549. The molecule has 0 radical (unpaired) electrons. The SMILES string of the molecule is C[C@H](O)c1nccn1Cc1cc(-c2ccc(C#Cc3ccc(CN4CCNC(=O)C4)nc3)cc2)on1. The summed E-state index contributed by atoms with van der Waals surface area (Å²) >= 11 is 0. The van der Waals surface area contributed by atoms with Gasteiger partial charge >= 0.3 is 0 Å². The lowest BCUT2D eigenvalue weighted by molar-refractivity contribution is -0.124. The van der Waals surface area contributed by atoms with E-state index in [0.29, 0.717) is 37.8 Å². The van der Waals surface area contributed by atoms with Crippen LogP contribution in [0, 0.1) is 11.8 Å². The maximum absolute atomic E-state index is 11.5. The summed E-state index contributed by atoms with van der Waals surface area (Å²) in [6, 6.07) is 13.6. The summed E-state index contributed by atoms with van der Waals surface area (Å²) in [4.78, 5) is 22.3. The fraction of sp³-hybridized carbons (Fsp3) is 0.259. The Hall–Kier alpha value is -4.26. The second-order valence-corrected chi connectivity index (χ2v) is 8.70. The van der Waals surface area contributed by atoms with Crippen LogP contribution >= 0.6 is 0 Å². The van der Waals surface area contributed by atoms with Gasteiger partial charge in [0.05, 0.1) is 18.8 Å². The van der Waals surface area contributed by atoms with E-state index in [1.165, 1.54) is 0 Å². The topological polar surface area (TPSA) is 109 Å². The lowest BCUT2D eigenvalue weighted by Gasteiger charge is -2.25.